The van der Waals surface area contributed by atoms with Gasteiger partial charge >= 0.3 is 0 Å². The van der Waals surface area contributed by atoms with Gasteiger partial charge < -0.3 is 14.8 Å². The van der Waals surface area contributed by atoms with Crippen molar-refractivity contribution in [1.82, 2.24) is 0 Å². The summed E-state index contributed by atoms with van der Waals surface area (Å²) in [4.78, 5) is 12.3. The van der Waals surface area contributed by atoms with Crippen LogP contribution in [0.4, 0.5) is 5.69 Å². The maximum absolute atomic E-state index is 12.2. The lowest BCUT2D eigenvalue weighted by Gasteiger charge is -2.12. The number of ether oxygens (including phenoxy) is 2. The Morgan fingerprint density at radius 2 is 1.75 bits per heavy atom. The monoisotopic (exact) mass is 349 g/mol. The summed E-state index contributed by atoms with van der Waals surface area (Å²) in [6.45, 7) is 0. The maximum atomic E-state index is 12.2. The number of hydrogen-bond acceptors (Lipinski definition) is 5. The van der Waals surface area contributed by atoms with Gasteiger partial charge in [0.2, 0.25) is 5.91 Å². The van der Waals surface area contributed by atoms with Crippen LogP contribution >= 0.6 is 0 Å². The number of hydrogen-bond donors (Lipinski definition) is 1. The number of carbonyl (C=O) groups is 1. The molecule has 1 N–H and O–H groups in total. The molecule has 0 aliphatic carbocycles. The van der Waals surface area contributed by atoms with Crippen LogP contribution in [-0.4, -0.2) is 34.3 Å². The Labute approximate surface area is 141 Å². The first-order valence-corrected chi connectivity index (χ1v) is 8.91. The molecular weight excluding hydrogens is 330 g/mol. The van der Waals surface area contributed by atoms with E-state index in [-0.39, 0.29) is 17.1 Å². The summed E-state index contributed by atoms with van der Waals surface area (Å²) in [6, 6.07) is 13.0. The Hall–Kier alpha value is -2.54. The second kappa shape index (κ2) is 7.83. The molecule has 0 bridgehead atoms. The molecule has 1 amide bonds. The highest BCUT2D eigenvalue weighted by Gasteiger charge is 2.17. The average molecular weight is 349 g/mol. The van der Waals surface area contributed by atoms with Crippen molar-refractivity contribution in [3.63, 3.8) is 0 Å². The van der Waals surface area contributed by atoms with Gasteiger partial charge in [-0.3, -0.25) is 4.79 Å². The fourth-order valence-corrected chi connectivity index (χ4v) is 3.36. The van der Waals surface area contributed by atoms with E-state index < -0.39 is 15.7 Å². The molecule has 2 rings (SSSR count). The van der Waals surface area contributed by atoms with Crippen LogP contribution < -0.4 is 14.8 Å². The van der Waals surface area contributed by atoms with Gasteiger partial charge in [-0.05, 0) is 24.3 Å². The molecule has 24 heavy (non-hydrogen) atoms. The highest BCUT2D eigenvalue weighted by Crippen LogP contribution is 2.29. The van der Waals surface area contributed by atoms with Crippen LogP contribution in [0.5, 0.6) is 11.5 Å². The molecule has 0 aliphatic heterocycles. The van der Waals surface area contributed by atoms with E-state index in [0.29, 0.717) is 17.2 Å². The minimum absolute atomic E-state index is 0.155. The molecular formula is C17H19NO5S. The molecule has 0 fully saturated rings. The van der Waals surface area contributed by atoms with Gasteiger partial charge in [-0.1, -0.05) is 18.2 Å². The lowest BCUT2D eigenvalue weighted by molar-refractivity contribution is -0.115. The fraction of sp³-hybridized carbons (Fsp3) is 0.235. The Kier molecular flexibility index (Phi) is 5.81. The first-order valence-electron chi connectivity index (χ1n) is 7.26. The molecule has 0 heterocycles. The zero-order valence-corrected chi connectivity index (χ0v) is 14.3. The first-order chi connectivity index (χ1) is 11.5. The summed E-state index contributed by atoms with van der Waals surface area (Å²) in [5.41, 5.74) is 0.430. The Morgan fingerprint density at radius 1 is 1.04 bits per heavy atom. The molecule has 128 valence electrons. The maximum Gasteiger partial charge on any atom is 0.225 e. The van der Waals surface area contributed by atoms with Gasteiger partial charge in [0.05, 0.1) is 30.6 Å². The molecule has 0 saturated heterocycles. The van der Waals surface area contributed by atoms with Crippen LogP contribution in [-0.2, 0) is 14.6 Å². The highest BCUT2D eigenvalue weighted by atomic mass is 32.2. The zero-order chi connectivity index (χ0) is 17.6. The van der Waals surface area contributed by atoms with E-state index in [1.165, 1.54) is 26.4 Å². The van der Waals surface area contributed by atoms with Gasteiger partial charge in [-0.15, -0.1) is 0 Å². The van der Waals surface area contributed by atoms with Crippen LogP contribution in [0.25, 0.3) is 0 Å². The first kappa shape index (κ1) is 17.8. The summed E-state index contributed by atoms with van der Waals surface area (Å²) in [6.07, 6.45) is -0.155. The highest BCUT2D eigenvalue weighted by molar-refractivity contribution is 7.91. The fourth-order valence-electron chi connectivity index (χ4n) is 2.10. The molecule has 0 saturated carbocycles. The van der Waals surface area contributed by atoms with Crippen molar-refractivity contribution < 1.29 is 22.7 Å². The van der Waals surface area contributed by atoms with Gasteiger partial charge in [0.1, 0.15) is 11.5 Å². The van der Waals surface area contributed by atoms with E-state index in [0.717, 1.165) is 0 Å². The summed E-state index contributed by atoms with van der Waals surface area (Å²) in [5, 5.41) is 2.65. The Morgan fingerprint density at radius 3 is 2.38 bits per heavy atom. The third-order valence-corrected chi connectivity index (χ3v) is 5.11. The van der Waals surface area contributed by atoms with Crippen LogP contribution in [0, 0.1) is 0 Å². The molecule has 0 radical (unpaired) electrons. The van der Waals surface area contributed by atoms with Crippen molar-refractivity contribution in [3.05, 3.63) is 48.5 Å². The predicted molar refractivity (Wildman–Crippen MR) is 91.3 cm³/mol. The Bertz CT molecular complexity index is 803. The zero-order valence-electron chi connectivity index (χ0n) is 13.5. The second-order valence-electron chi connectivity index (χ2n) is 5.00. The minimum Gasteiger partial charge on any atom is -0.497 e. The van der Waals surface area contributed by atoms with E-state index in [4.69, 9.17) is 9.47 Å². The van der Waals surface area contributed by atoms with Crippen LogP contribution in [0.1, 0.15) is 6.42 Å². The molecule has 0 atom stereocenters. The molecule has 0 unspecified atom stereocenters. The molecule has 0 aliphatic rings. The lowest BCUT2D eigenvalue weighted by Crippen LogP contribution is -2.17. The molecule has 7 heteroatoms. The van der Waals surface area contributed by atoms with Gasteiger partial charge in [-0.2, -0.15) is 0 Å². The summed E-state index contributed by atoms with van der Waals surface area (Å²) in [5.74, 6) is 0.342. The number of sulfone groups is 1. The second-order valence-corrected chi connectivity index (χ2v) is 7.11. The topological polar surface area (TPSA) is 81.7 Å². The third-order valence-electron chi connectivity index (χ3n) is 3.38. The van der Waals surface area contributed by atoms with Gasteiger partial charge in [0, 0.05) is 12.5 Å². The molecule has 6 nitrogen and oxygen atoms in total. The predicted octanol–water partition coefficient (Wildman–Crippen LogP) is 2.51. The van der Waals surface area contributed by atoms with Gasteiger partial charge in [0.15, 0.2) is 9.84 Å². The van der Waals surface area contributed by atoms with Crippen molar-refractivity contribution >= 4 is 21.4 Å². The van der Waals surface area contributed by atoms with Crippen molar-refractivity contribution in [2.45, 2.75) is 11.3 Å². The van der Waals surface area contributed by atoms with Crippen molar-refractivity contribution in [2.75, 3.05) is 25.3 Å². The molecule has 0 aromatic heterocycles. The number of amides is 1. The third kappa shape index (κ3) is 4.48. The SMILES string of the molecule is COc1ccc(OC)c(NC(=O)CCS(=O)(=O)c2ccccc2)c1. The van der Waals surface area contributed by atoms with Crippen LogP contribution in [0.15, 0.2) is 53.4 Å². The molecule has 2 aromatic rings. The quantitative estimate of drug-likeness (QED) is 0.830. The standard InChI is InChI=1S/C17H19NO5S/c1-22-13-8-9-16(23-2)15(12-13)18-17(19)10-11-24(20,21)14-6-4-3-5-7-14/h3-9,12H,10-11H2,1-2H3,(H,18,19). The molecule has 0 spiro atoms. The van der Waals surface area contributed by atoms with E-state index in [2.05, 4.69) is 5.32 Å². The molecule has 2 aromatic carbocycles. The lowest BCUT2D eigenvalue weighted by atomic mass is 10.2. The summed E-state index contributed by atoms with van der Waals surface area (Å²) < 4.78 is 34.7. The summed E-state index contributed by atoms with van der Waals surface area (Å²) >= 11 is 0. The number of anilines is 1. The number of carbonyl (C=O) groups excluding carboxylic acids is 1. The number of benzene rings is 2. The largest absolute Gasteiger partial charge is 0.497 e. The average Bonchev–Trinajstić information content (AvgIpc) is 2.60. The normalized spacial score (nSPS) is 10.9. The van der Waals surface area contributed by atoms with Gasteiger partial charge in [0.25, 0.3) is 0 Å². The van der Waals surface area contributed by atoms with Crippen molar-refractivity contribution in [1.29, 1.82) is 0 Å². The number of methoxy groups -OCH3 is 2. The van der Waals surface area contributed by atoms with E-state index in [1.54, 1.807) is 36.4 Å². The van der Waals surface area contributed by atoms with Crippen molar-refractivity contribution in [3.8, 4) is 11.5 Å². The van der Waals surface area contributed by atoms with E-state index in [9.17, 15) is 13.2 Å². The van der Waals surface area contributed by atoms with Crippen molar-refractivity contribution in [2.24, 2.45) is 0 Å². The van der Waals surface area contributed by atoms with E-state index >= 15 is 0 Å². The summed E-state index contributed by atoms with van der Waals surface area (Å²) in [7, 11) is -0.496. The van der Waals surface area contributed by atoms with Crippen LogP contribution in [0.3, 0.4) is 0 Å². The van der Waals surface area contributed by atoms with Crippen LogP contribution in [0.2, 0.25) is 0 Å². The minimum atomic E-state index is -3.49. The number of nitrogens with one attached hydrogen (secondary N) is 1. The Balaban J connectivity index is 2.04. The number of rotatable bonds is 7. The van der Waals surface area contributed by atoms with E-state index in [1.807, 2.05) is 0 Å². The van der Waals surface area contributed by atoms with Gasteiger partial charge in [-0.25, -0.2) is 8.42 Å². The smallest absolute Gasteiger partial charge is 0.225 e.